The Bertz CT molecular complexity index is 686. The predicted molar refractivity (Wildman–Crippen MR) is 86.6 cm³/mol. The normalized spacial score (nSPS) is 22.0. The molecule has 1 aromatic heterocycles. The van der Waals surface area contributed by atoms with Crippen molar-refractivity contribution in [3.05, 3.63) is 35.1 Å². The van der Waals surface area contributed by atoms with E-state index in [1.165, 1.54) is 0 Å². The molecule has 1 amide bonds. The number of hydrogen-bond acceptors (Lipinski definition) is 5. The number of carbonyl (C=O) groups is 1. The Balaban J connectivity index is 1.67. The second-order valence-electron chi connectivity index (χ2n) is 5.90. The molecular formula is C16H19ClN4O2. The lowest BCUT2D eigenvalue weighted by atomic mass is 10.0. The second-order valence-corrected chi connectivity index (χ2v) is 6.33. The summed E-state index contributed by atoms with van der Waals surface area (Å²) >= 11 is 5.86. The Hall–Kier alpha value is -1.92. The number of aromatic nitrogens is 2. The molecule has 1 aliphatic rings. The highest BCUT2D eigenvalue weighted by molar-refractivity contribution is 6.30. The lowest BCUT2D eigenvalue weighted by Crippen LogP contribution is -2.39. The molecule has 0 saturated heterocycles. The molecule has 3 N–H and O–H groups in total. The van der Waals surface area contributed by atoms with Gasteiger partial charge >= 0.3 is 0 Å². The van der Waals surface area contributed by atoms with Crippen molar-refractivity contribution >= 4 is 17.5 Å². The SMILES string of the molecule is CC(NC(=O)C1CCCC1N)c1noc(-c2ccc(Cl)cc2)n1. The van der Waals surface area contributed by atoms with Gasteiger partial charge in [0.25, 0.3) is 5.89 Å². The van der Waals surface area contributed by atoms with E-state index in [9.17, 15) is 4.79 Å². The van der Waals surface area contributed by atoms with E-state index in [-0.39, 0.29) is 23.9 Å². The maximum absolute atomic E-state index is 12.3. The summed E-state index contributed by atoms with van der Waals surface area (Å²) in [5.74, 6) is 0.672. The first-order valence-electron chi connectivity index (χ1n) is 7.70. The standard InChI is InChI=1S/C16H19ClN4O2/c1-9(19-15(22)12-3-2-4-13(12)18)14-20-16(23-21-14)10-5-7-11(17)8-6-10/h5-9,12-13H,2-4,18H2,1H3,(H,19,22). The zero-order valence-corrected chi connectivity index (χ0v) is 13.6. The monoisotopic (exact) mass is 334 g/mol. The topological polar surface area (TPSA) is 94.0 Å². The number of nitrogens with zero attached hydrogens (tertiary/aromatic N) is 2. The number of amides is 1. The predicted octanol–water partition coefficient (Wildman–Crippen LogP) is 2.69. The summed E-state index contributed by atoms with van der Waals surface area (Å²) in [5.41, 5.74) is 6.75. The van der Waals surface area contributed by atoms with E-state index in [0.29, 0.717) is 16.7 Å². The summed E-state index contributed by atoms with van der Waals surface area (Å²) in [4.78, 5) is 16.6. The molecule has 1 saturated carbocycles. The number of rotatable bonds is 4. The van der Waals surface area contributed by atoms with Crippen molar-refractivity contribution in [2.45, 2.75) is 38.3 Å². The van der Waals surface area contributed by atoms with E-state index in [0.717, 1.165) is 24.8 Å². The number of benzene rings is 1. The van der Waals surface area contributed by atoms with Gasteiger partial charge in [0.05, 0.1) is 12.0 Å². The summed E-state index contributed by atoms with van der Waals surface area (Å²) in [6.07, 6.45) is 2.73. The molecular weight excluding hydrogens is 316 g/mol. The summed E-state index contributed by atoms with van der Waals surface area (Å²) in [5, 5.41) is 7.51. The number of hydrogen-bond donors (Lipinski definition) is 2. The highest BCUT2D eigenvalue weighted by Gasteiger charge is 2.31. The third-order valence-corrected chi connectivity index (χ3v) is 4.44. The van der Waals surface area contributed by atoms with Crippen LogP contribution in [0.2, 0.25) is 5.02 Å². The van der Waals surface area contributed by atoms with Crippen LogP contribution >= 0.6 is 11.6 Å². The van der Waals surface area contributed by atoms with Crippen LogP contribution < -0.4 is 11.1 Å². The third kappa shape index (κ3) is 3.54. The maximum atomic E-state index is 12.3. The molecule has 1 aromatic carbocycles. The fourth-order valence-electron chi connectivity index (χ4n) is 2.82. The first-order valence-corrected chi connectivity index (χ1v) is 8.08. The average molecular weight is 335 g/mol. The number of carbonyl (C=O) groups excluding carboxylic acids is 1. The molecule has 23 heavy (non-hydrogen) atoms. The van der Waals surface area contributed by atoms with Crippen LogP contribution in [0.5, 0.6) is 0 Å². The molecule has 3 atom stereocenters. The number of nitrogens with two attached hydrogens (primary N) is 1. The molecule has 0 radical (unpaired) electrons. The number of nitrogens with one attached hydrogen (secondary N) is 1. The zero-order valence-electron chi connectivity index (χ0n) is 12.8. The van der Waals surface area contributed by atoms with Gasteiger partial charge in [-0.3, -0.25) is 4.79 Å². The molecule has 0 spiro atoms. The van der Waals surface area contributed by atoms with Crippen LogP contribution in [-0.4, -0.2) is 22.1 Å². The van der Waals surface area contributed by atoms with E-state index < -0.39 is 0 Å². The fraction of sp³-hybridized carbons (Fsp3) is 0.438. The van der Waals surface area contributed by atoms with E-state index >= 15 is 0 Å². The van der Waals surface area contributed by atoms with E-state index in [2.05, 4.69) is 15.5 Å². The Labute approximate surface area is 139 Å². The smallest absolute Gasteiger partial charge is 0.257 e. The second kappa shape index (κ2) is 6.68. The minimum atomic E-state index is -0.333. The van der Waals surface area contributed by atoms with Gasteiger partial charge in [0.15, 0.2) is 5.82 Å². The molecule has 0 aliphatic heterocycles. The molecule has 3 rings (SSSR count). The van der Waals surface area contributed by atoms with Crippen LogP contribution in [0.3, 0.4) is 0 Å². The molecule has 1 aliphatic carbocycles. The summed E-state index contributed by atoms with van der Waals surface area (Å²) in [6.45, 7) is 1.83. The average Bonchev–Trinajstić information content (AvgIpc) is 3.17. The van der Waals surface area contributed by atoms with Crippen molar-refractivity contribution in [2.75, 3.05) is 0 Å². The molecule has 2 aromatic rings. The van der Waals surface area contributed by atoms with Crippen molar-refractivity contribution in [2.24, 2.45) is 11.7 Å². The Morgan fingerprint density at radius 3 is 2.78 bits per heavy atom. The highest BCUT2D eigenvalue weighted by atomic mass is 35.5. The van der Waals surface area contributed by atoms with Gasteiger partial charge in [-0.1, -0.05) is 23.2 Å². The summed E-state index contributed by atoms with van der Waals surface area (Å²) in [7, 11) is 0. The van der Waals surface area contributed by atoms with Gasteiger partial charge in [0, 0.05) is 16.6 Å². The molecule has 0 bridgehead atoms. The molecule has 122 valence electrons. The van der Waals surface area contributed by atoms with Crippen LogP contribution in [-0.2, 0) is 4.79 Å². The van der Waals surface area contributed by atoms with Crippen molar-refractivity contribution in [3.63, 3.8) is 0 Å². The van der Waals surface area contributed by atoms with Gasteiger partial charge < -0.3 is 15.6 Å². The van der Waals surface area contributed by atoms with Crippen LogP contribution in [0.1, 0.15) is 38.1 Å². The fourth-order valence-corrected chi connectivity index (χ4v) is 2.95. The number of halogens is 1. The van der Waals surface area contributed by atoms with Crippen LogP contribution in [0, 0.1) is 5.92 Å². The molecule has 7 heteroatoms. The quantitative estimate of drug-likeness (QED) is 0.896. The van der Waals surface area contributed by atoms with Gasteiger partial charge in [0.1, 0.15) is 0 Å². The molecule has 1 heterocycles. The Morgan fingerprint density at radius 2 is 2.13 bits per heavy atom. The van der Waals surface area contributed by atoms with E-state index in [1.807, 2.05) is 6.92 Å². The van der Waals surface area contributed by atoms with E-state index in [1.54, 1.807) is 24.3 Å². The molecule has 1 fully saturated rings. The highest BCUT2D eigenvalue weighted by Crippen LogP contribution is 2.25. The van der Waals surface area contributed by atoms with E-state index in [4.69, 9.17) is 21.9 Å². The zero-order chi connectivity index (χ0) is 16.4. The molecule has 6 nitrogen and oxygen atoms in total. The largest absolute Gasteiger partial charge is 0.346 e. The van der Waals surface area contributed by atoms with Crippen LogP contribution in [0.4, 0.5) is 0 Å². The van der Waals surface area contributed by atoms with Crippen molar-refractivity contribution in [3.8, 4) is 11.5 Å². The van der Waals surface area contributed by atoms with Crippen molar-refractivity contribution in [1.82, 2.24) is 15.5 Å². The van der Waals surface area contributed by atoms with Gasteiger partial charge in [-0.25, -0.2) is 0 Å². The van der Waals surface area contributed by atoms with Crippen LogP contribution in [0.15, 0.2) is 28.8 Å². The first-order chi connectivity index (χ1) is 11.0. The lowest BCUT2D eigenvalue weighted by molar-refractivity contribution is -0.125. The summed E-state index contributed by atoms with van der Waals surface area (Å²) in [6, 6.07) is 6.74. The van der Waals surface area contributed by atoms with Gasteiger partial charge in [0.2, 0.25) is 5.91 Å². The lowest BCUT2D eigenvalue weighted by Gasteiger charge is -2.17. The maximum Gasteiger partial charge on any atom is 0.257 e. The van der Waals surface area contributed by atoms with Crippen LogP contribution in [0.25, 0.3) is 11.5 Å². The third-order valence-electron chi connectivity index (χ3n) is 4.19. The van der Waals surface area contributed by atoms with Gasteiger partial charge in [-0.2, -0.15) is 4.98 Å². The Kier molecular flexibility index (Phi) is 4.63. The Morgan fingerprint density at radius 1 is 1.39 bits per heavy atom. The minimum absolute atomic E-state index is 0.0413. The van der Waals surface area contributed by atoms with Crippen molar-refractivity contribution in [1.29, 1.82) is 0 Å². The minimum Gasteiger partial charge on any atom is -0.346 e. The van der Waals surface area contributed by atoms with Gasteiger partial charge in [-0.15, -0.1) is 0 Å². The van der Waals surface area contributed by atoms with Crippen molar-refractivity contribution < 1.29 is 9.32 Å². The van der Waals surface area contributed by atoms with Gasteiger partial charge in [-0.05, 0) is 44.0 Å². The summed E-state index contributed by atoms with van der Waals surface area (Å²) < 4.78 is 5.26. The molecule has 3 unspecified atom stereocenters. The first kappa shape index (κ1) is 16.0.